The lowest BCUT2D eigenvalue weighted by Crippen LogP contribution is -2.39. The molecule has 0 unspecified atom stereocenters. The number of oxazole rings is 1. The van der Waals surface area contributed by atoms with Gasteiger partial charge in [0.05, 0.1) is 12.2 Å². The molecule has 0 aromatic carbocycles. The number of hydrogen-bond acceptors (Lipinski definition) is 4. The number of fused-ring (bicyclic) bond motifs is 1. The molecule has 0 radical (unpaired) electrons. The summed E-state index contributed by atoms with van der Waals surface area (Å²) < 4.78 is 10.8. The van der Waals surface area contributed by atoms with Crippen LogP contribution in [0.1, 0.15) is 38.1 Å². The van der Waals surface area contributed by atoms with Crippen LogP contribution in [-0.4, -0.2) is 28.1 Å². The van der Waals surface area contributed by atoms with Gasteiger partial charge in [-0.1, -0.05) is 0 Å². The molecule has 1 aliphatic rings. The smallest absolute Gasteiger partial charge is 0.410 e. The molecule has 0 bridgehead atoms. The molecule has 1 aromatic heterocycles. The molecule has 5 heteroatoms. The van der Waals surface area contributed by atoms with Gasteiger partial charge in [-0.05, 0) is 20.8 Å². The van der Waals surface area contributed by atoms with Crippen molar-refractivity contribution in [3.05, 3.63) is 17.3 Å². The molecule has 1 aliphatic heterocycles. The van der Waals surface area contributed by atoms with Gasteiger partial charge in [0.1, 0.15) is 11.4 Å². The predicted octanol–water partition coefficient (Wildman–Crippen LogP) is 2.28. The molecule has 5 nitrogen and oxygen atoms in total. The van der Waals surface area contributed by atoms with Gasteiger partial charge in [0.15, 0.2) is 5.89 Å². The van der Waals surface area contributed by atoms with Crippen LogP contribution in [0.25, 0.3) is 0 Å². The van der Waals surface area contributed by atoms with E-state index in [1.54, 1.807) is 4.90 Å². The molecule has 0 N–H and O–H groups in total. The van der Waals surface area contributed by atoms with Crippen LogP contribution in [0.5, 0.6) is 0 Å². The standard InChI is InChI=1S/C12H18N2O3/c1-8-13-9-5-6-14(7-10(9)16-8)11(15)17-12(2,3)4/h5-7H2,1-4H3. The molecule has 17 heavy (non-hydrogen) atoms. The average molecular weight is 238 g/mol. The Morgan fingerprint density at radius 1 is 1.47 bits per heavy atom. The van der Waals surface area contributed by atoms with E-state index in [4.69, 9.17) is 9.15 Å². The number of carbonyl (C=O) groups is 1. The Morgan fingerprint density at radius 2 is 2.18 bits per heavy atom. The second-order valence-corrected chi connectivity index (χ2v) is 5.25. The van der Waals surface area contributed by atoms with Crippen molar-refractivity contribution in [2.75, 3.05) is 6.54 Å². The summed E-state index contributed by atoms with van der Waals surface area (Å²) in [5.74, 6) is 1.43. The second-order valence-electron chi connectivity index (χ2n) is 5.25. The number of hydrogen-bond donors (Lipinski definition) is 0. The quantitative estimate of drug-likeness (QED) is 0.695. The fraction of sp³-hybridized carbons (Fsp3) is 0.667. The maximum absolute atomic E-state index is 11.9. The first-order valence-corrected chi connectivity index (χ1v) is 5.78. The highest BCUT2D eigenvalue weighted by molar-refractivity contribution is 5.68. The SMILES string of the molecule is Cc1nc2c(o1)CN(C(=O)OC(C)(C)C)CC2. The van der Waals surface area contributed by atoms with Gasteiger partial charge in [-0.25, -0.2) is 9.78 Å². The maximum atomic E-state index is 11.9. The van der Waals surface area contributed by atoms with E-state index in [1.165, 1.54) is 0 Å². The molecule has 0 aliphatic carbocycles. The number of ether oxygens (including phenoxy) is 1. The van der Waals surface area contributed by atoms with Crippen LogP contribution in [0.4, 0.5) is 4.79 Å². The van der Waals surface area contributed by atoms with Crippen LogP contribution in [0.15, 0.2) is 4.42 Å². The molecule has 0 fully saturated rings. The van der Waals surface area contributed by atoms with Crippen molar-refractivity contribution < 1.29 is 13.9 Å². The zero-order valence-electron chi connectivity index (χ0n) is 10.7. The maximum Gasteiger partial charge on any atom is 0.410 e. The minimum atomic E-state index is -0.464. The average Bonchev–Trinajstić information content (AvgIpc) is 2.53. The molecule has 94 valence electrons. The number of rotatable bonds is 0. The highest BCUT2D eigenvalue weighted by Crippen LogP contribution is 2.21. The third-order valence-electron chi connectivity index (χ3n) is 2.49. The van der Waals surface area contributed by atoms with Crippen LogP contribution in [0.2, 0.25) is 0 Å². The molecular formula is C12H18N2O3. The molecular weight excluding hydrogens is 220 g/mol. The lowest BCUT2D eigenvalue weighted by molar-refractivity contribution is 0.0208. The van der Waals surface area contributed by atoms with Crippen molar-refractivity contribution in [3.63, 3.8) is 0 Å². The molecule has 0 saturated carbocycles. The molecule has 0 atom stereocenters. The molecule has 2 heterocycles. The van der Waals surface area contributed by atoms with Crippen molar-refractivity contribution in [1.29, 1.82) is 0 Å². The molecule has 2 rings (SSSR count). The van der Waals surface area contributed by atoms with E-state index in [9.17, 15) is 4.79 Å². The first-order chi connectivity index (χ1) is 7.85. The highest BCUT2D eigenvalue weighted by Gasteiger charge is 2.28. The van der Waals surface area contributed by atoms with Crippen molar-refractivity contribution in [1.82, 2.24) is 9.88 Å². The van der Waals surface area contributed by atoms with Gasteiger partial charge in [0.2, 0.25) is 0 Å². The van der Waals surface area contributed by atoms with Gasteiger partial charge in [-0.3, -0.25) is 0 Å². The van der Waals surface area contributed by atoms with Gasteiger partial charge in [-0.2, -0.15) is 0 Å². The summed E-state index contributed by atoms with van der Waals surface area (Å²) in [6.07, 6.45) is 0.434. The lowest BCUT2D eigenvalue weighted by atomic mass is 10.1. The lowest BCUT2D eigenvalue weighted by Gasteiger charge is -2.28. The van der Waals surface area contributed by atoms with Crippen molar-refractivity contribution >= 4 is 6.09 Å². The van der Waals surface area contributed by atoms with Gasteiger partial charge < -0.3 is 14.1 Å². The Labute approximate surface area is 101 Å². The predicted molar refractivity (Wildman–Crippen MR) is 61.6 cm³/mol. The Bertz CT molecular complexity index is 431. The van der Waals surface area contributed by atoms with E-state index in [1.807, 2.05) is 27.7 Å². The minimum absolute atomic E-state index is 0.294. The number of aromatic nitrogens is 1. The normalized spacial score (nSPS) is 15.6. The summed E-state index contributed by atoms with van der Waals surface area (Å²) in [5.41, 5.74) is 0.497. The number of nitrogens with zero attached hydrogens (tertiary/aromatic N) is 2. The molecule has 0 spiro atoms. The van der Waals surface area contributed by atoms with Crippen LogP contribution in [0, 0.1) is 6.92 Å². The zero-order chi connectivity index (χ0) is 12.6. The topological polar surface area (TPSA) is 55.6 Å². The number of aryl methyl sites for hydroxylation is 1. The summed E-state index contributed by atoms with van der Waals surface area (Å²) in [7, 11) is 0. The van der Waals surface area contributed by atoms with E-state index in [0.29, 0.717) is 19.0 Å². The van der Waals surface area contributed by atoms with E-state index >= 15 is 0 Å². The molecule has 0 saturated heterocycles. The Kier molecular flexibility index (Phi) is 2.85. The third kappa shape index (κ3) is 2.78. The van der Waals surface area contributed by atoms with Crippen molar-refractivity contribution in [3.8, 4) is 0 Å². The number of amides is 1. The van der Waals surface area contributed by atoms with Gasteiger partial charge in [0.25, 0.3) is 0 Å². The van der Waals surface area contributed by atoms with Gasteiger partial charge in [0, 0.05) is 19.9 Å². The second kappa shape index (κ2) is 4.05. The molecule has 1 amide bonds. The van der Waals surface area contributed by atoms with Crippen LogP contribution in [-0.2, 0) is 17.7 Å². The third-order valence-corrected chi connectivity index (χ3v) is 2.49. The molecule has 1 aromatic rings. The fourth-order valence-electron chi connectivity index (χ4n) is 1.81. The summed E-state index contributed by atoms with van der Waals surface area (Å²) in [6, 6.07) is 0. The first kappa shape index (κ1) is 12.0. The van der Waals surface area contributed by atoms with Crippen LogP contribution < -0.4 is 0 Å². The first-order valence-electron chi connectivity index (χ1n) is 5.78. The van der Waals surface area contributed by atoms with Crippen molar-refractivity contribution in [2.24, 2.45) is 0 Å². The van der Waals surface area contributed by atoms with E-state index in [2.05, 4.69) is 4.98 Å². The fourth-order valence-corrected chi connectivity index (χ4v) is 1.81. The Hall–Kier alpha value is -1.52. The summed E-state index contributed by atoms with van der Waals surface area (Å²) in [5, 5.41) is 0. The van der Waals surface area contributed by atoms with Gasteiger partial charge >= 0.3 is 6.09 Å². The van der Waals surface area contributed by atoms with E-state index in [-0.39, 0.29) is 6.09 Å². The van der Waals surface area contributed by atoms with Crippen molar-refractivity contribution in [2.45, 2.75) is 46.3 Å². The zero-order valence-corrected chi connectivity index (χ0v) is 10.7. The van der Waals surface area contributed by atoms with E-state index < -0.39 is 5.60 Å². The minimum Gasteiger partial charge on any atom is -0.444 e. The largest absolute Gasteiger partial charge is 0.444 e. The van der Waals surface area contributed by atoms with Crippen LogP contribution >= 0.6 is 0 Å². The summed E-state index contributed by atoms with van der Waals surface area (Å²) in [6.45, 7) is 8.48. The Morgan fingerprint density at radius 3 is 2.82 bits per heavy atom. The summed E-state index contributed by atoms with van der Waals surface area (Å²) >= 11 is 0. The highest BCUT2D eigenvalue weighted by atomic mass is 16.6. The number of carbonyl (C=O) groups excluding carboxylic acids is 1. The Balaban J connectivity index is 2.05. The van der Waals surface area contributed by atoms with Gasteiger partial charge in [-0.15, -0.1) is 0 Å². The van der Waals surface area contributed by atoms with Crippen LogP contribution in [0.3, 0.4) is 0 Å². The van der Waals surface area contributed by atoms with E-state index in [0.717, 1.165) is 17.9 Å². The monoisotopic (exact) mass is 238 g/mol. The summed E-state index contributed by atoms with van der Waals surface area (Å²) in [4.78, 5) is 17.8.